The average molecular weight is 375 g/mol. The Kier molecular flexibility index (Phi) is 3.92. The topological polar surface area (TPSA) is 66.8 Å². The summed E-state index contributed by atoms with van der Waals surface area (Å²) >= 11 is 0. The molecule has 1 aliphatic heterocycles. The Morgan fingerprint density at radius 3 is 2.59 bits per heavy atom. The lowest BCUT2D eigenvalue weighted by Gasteiger charge is -2.63. The summed E-state index contributed by atoms with van der Waals surface area (Å²) in [6, 6.07) is 0. The molecular weight excluding hydrogens is 340 g/mol. The number of carbonyl (C=O) groups excluding carboxylic acids is 1. The van der Waals surface area contributed by atoms with E-state index in [1.165, 1.54) is 6.42 Å². The van der Waals surface area contributed by atoms with Gasteiger partial charge < -0.3 is 14.9 Å². The fourth-order valence-corrected chi connectivity index (χ4v) is 8.39. The Balaban J connectivity index is 1.47. The van der Waals surface area contributed by atoms with E-state index in [1.54, 1.807) is 6.08 Å². The summed E-state index contributed by atoms with van der Waals surface area (Å²) in [5.74, 6) is 1.59. The number of aliphatic hydroxyl groups is 2. The molecule has 8 atom stereocenters. The van der Waals surface area contributed by atoms with Crippen LogP contribution in [0.15, 0.2) is 11.6 Å². The van der Waals surface area contributed by atoms with E-state index < -0.39 is 5.60 Å². The van der Waals surface area contributed by atoms with Crippen molar-refractivity contribution in [2.45, 2.75) is 83.3 Å². The molecule has 4 aliphatic carbocycles. The van der Waals surface area contributed by atoms with Gasteiger partial charge in [-0.3, -0.25) is 0 Å². The van der Waals surface area contributed by atoms with Gasteiger partial charge >= 0.3 is 5.97 Å². The van der Waals surface area contributed by atoms with Crippen molar-refractivity contribution in [2.24, 2.45) is 34.5 Å². The van der Waals surface area contributed by atoms with Crippen molar-refractivity contribution in [2.75, 3.05) is 6.61 Å². The molecule has 0 saturated heterocycles. The normalized spacial score (nSPS) is 54.6. The number of cyclic esters (lactones) is 1. The van der Waals surface area contributed by atoms with Crippen LogP contribution < -0.4 is 0 Å². The van der Waals surface area contributed by atoms with Crippen LogP contribution in [0.4, 0.5) is 0 Å². The van der Waals surface area contributed by atoms with E-state index in [-0.39, 0.29) is 28.8 Å². The largest absolute Gasteiger partial charge is 0.458 e. The zero-order valence-corrected chi connectivity index (χ0v) is 16.7. The number of aliphatic hydroxyl groups excluding tert-OH is 1. The first-order chi connectivity index (χ1) is 12.8. The summed E-state index contributed by atoms with van der Waals surface area (Å²) in [5.41, 5.74) is 0.600. The number of fused-ring (bicyclic) bond motifs is 5. The van der Waals surface area contributed by atoms with Crippen LogP contribution in [0.5, 0.6) is 0 Å². The molecule has 5 aliphatic rings. The number of carbonyl (C=O) groups is 1. The fraction of sp³-hybridized carbons (Fsp3) is 0.870. The number of hydrogen-bond donors (Lipinski definition) is 2. The second kappa shape index (κ2) is 5.82. The molecule has 1 heterocycles. The molecule has 0 aromatic heterocycles. The summed E-state index contributed by atoms with van der Waals surface area (Å²) < 4.78 is 5.20. The van der Waals surface area contributed by atoms with Crippen LogP contribution in [0.2, 0.25) is 0 Å². The zero-order valence-electron chi connectivity index (χ0n) is 16.7. The van der Waals surface area contributed by atoms with Gasteiger partial charge in [0.15, 0.2) is 0 Å². The maximum atomic E-state index is 12.1. The molecular formula is C23H34O4. The standard InChI is InChI=1S/C23H34O4/c1-21-8-5-16(24)12-15(21)3-4-19-18(21)6-9-22(2)17(7-10-23(19,22)26)14-11-20(25)27-13-14/h11,15-19,24,26H,3-10,12-13H2,1-2H3/t15-,16?,17?,18?,19?,21?,22?,23?/m1/s1. The van der Waals surface area contributed by atoms with Gasteiger partial charge in [-0.1, -0.05) is 13.8 Å². The predicted molar refractivity (Wildman–Crippen MR) is 102 cm³/mol. The van der Waals surface area contributed by atoms with Gasteiger partial charge in [-0.15, -0.1) is 0 Å². The van der Waals surface area contributed by atoms with Gasteiger partial charge in [0.25, 0.3) is 0 Å². The first-order valence-electron chi connectivity index (χ1n) is 11.1. The Bertz CT molecular complexity index is 686. The van der Waals surface area contributed by atoms with E-state index in [9.17, 15) is 15.0 Å². The lowest BCUT2D eigenvalue weighted by molar-refractivity contribution is -0.208. The van der Waals surface area contributed by atoms with Crippen molar-refractivity contribution < 1.29 is 19.7 Å². The van der Waals surface area contributed by atoms with E-state index in [0.29, 0.717) is 24.4 Å². The maximum Gasteiger partial charge on any atom is 0.331 e. The van der Waals surface area contributed by atoms with Crippen LogP contribution in [0, 0.1) is 34.5 Å². The van der Waals surface area contributed by atoms with Crippen LogP contribution in [0.1, 0.15) is 71.6 Å². The van der Waals surface area contributed by atoms with Crippen LogP contribution in [0.25, 0.3) is 0 Å². The lowest BCUT2D eigenvalue weighted by Crippen LogP contribution is -2.62. The number of ether oxygens (including phenoxy) is 1. The van der Waals surface area contributed by atoms with Gasteiger partial charge in [-0.2, -0.15) is 0 Å². The Labute approximate surface area is 162 Å². The molecule has 0 amide bonds. The Morgan fingerprint density at radius 2 is 1.85 bits per heavy atom. The van der Waals surface area contributed by atoms with Crippen LogP contribution in [-0.2, 0) is 9.53 Å². The van der Waals surface area contributed by atoms with Gasteiger partial charge in [0.2, 0.25) is 0 Å². The molecule has 0 aromatic carbocycles. The Morgan fingerprint density at radius 1 is 1.04 bits per heavy atom. The minimum absolute atomic E-state index is 0.126. The molecule has 4 nitrogen and oxygen atoms in total. The molecule has 7 unspecified atom stereocenters. The fourth-order valence-electron chi connectivity index (χ4n) is 8.39. The molecule has 5 rings (SSSR count). The van der Waals surface area contributed by atoms with Crippen LogP contribution in [-0.4, -0.2) is 34.5 Å². The molecule has 0 spiro atoms. The van der Waals surface area contributed by atoms with Gasteiger partial charge in [0.1, 0.15) is 6.61 Å². The highest BCUT2D eigenvalue weighted by Gasteiger charge is 2.67. The Hall–Kier alpha value is -0.870. The van der Waals surface area contributed by atoms with Crippen molar-refractivity contribution in [3.8, 4) is 0 Å². The highest BCUT2D eigenvalue weighted by atomic mass is 16.5. The molecule has 4 heteroatoms. The van der Waals surface area contributed by atoms with E-state index in [0.717, 1.165) is 56.9 Å². The van der Waals surface area contributed by atoms with Gasteiger partial charge in [-0.05, 0) is 92.4 Å². The SMILES string of the molecule is CC12CCC(O)C[C@H]1CCC1C2CCC2(C)C(C3=CC(=O)OC3)CCC12O. The molecule has 150 valence electrons. The zero-order chi connectivity index (χ0) is 19.0. The molecule has 0 radical (unpaired) electrons. The number of esters is 1. The molecule has 0 aromatic rings. The van der Waals surface area contributed by atoms with Crippen LogP contribution in [0.3, 0.4) is 0 Å². The second-order valence-electron chi connectivity index (χ2n) is 10.7. The van der Waals surface area contributed by atoms with Crippen molar-refractivity contribution in [1.29, 1.82) is 0 Å². The highest BCUT2D eigenvalue weighted by Crippen LogP contribution is 2.69. The first kappa shape index (κ1) is 18.2. The van der Waals surface area contributed by atoms with E-state index in [2.05, 4.69) is 13.8 Å². The summed E-state index contributed by atoms with van der Waals surface area (Å²) in [7, 11) is 0. The molecule has 4 fully saturated rings. The molecule has 27 heavy (non-hydrogen) atoms. The average Bonchev–Trinajstić information content (AvgIpc) is 3.16. The van der Waals surface area contributed by atoms with E-state index >= 15 is 0 Å². The lowest BCUT2D eigenvalue weighted by atomic mass is 9.43. The third kappa shape index (κ3) is 2.32. The van der Waals surface area contributed by atoms with Gasteiger partial charge in [0, 0.05) is 11.5 Å². The first-order valence-corrected chi connectivity index (χ1v) is 11.1. The quantitative estimate of drug-likeness (QED) is 0.688. The van der Waals surface area contributed by atoms with Crippen molar-refractivity contribution >= 4 is 5.97 Å². The van der Waals surface area contributed by atoms with Gasteiger partial charge in [0.05, 0.1) is 11.7 Å². The smallest absolute Gasteiger partial charge is 0.331 e. The third-order valence-corrected chi connectivity index (χ3v) is 9.96. The predicted octanol–water partition coefficient (Wildman–Crippen LogP) is 3.60. The van der Waals surface area contributed by atoms with E-state index in [1.807, 2.05) is 0 Å². The summed E-state index contributed by atoms with van der Waals surface area (Å²) in [5, 5.41) is 22.3. The van der Waals surface area contributed by atoms with Gasteiger partial charge in [-0.25, -0.2) is 4.79 Å². The maximum absolute atomic E-state index is 12.1. The summed E-state index contributed by atoms with van der Waals surface area (Å²) in [4.78, 5) is 11.6. The second-order valence-corrected chi connectivity index (χ2v) is 10.7. The van der Waals surface area contributed by atoms with Crippen molar-refractivity contribution in [1.82, 2.24) is 0 Å². The van der Waals surface area contributed by atoms with E-state index in [4.69, 9.17) is 4.74 Å². The minimum atomic E-state index is -0.628. The minimum Gasteiger partial charge on any atom is -0.458 e. The number of hydrogen-bond acceptors (Lipinski definition) is 4. The summed E-state index contributed by atoms with van der Waals surface area (Å²) in [6.07, 6.45) is 10.8. The van der Waals surface area contributed by atoms with Crippen molar-refractivity contribution in [3.63, 3.8) is 0 Å². The van der Waals surface area contributed by atoms with Crippen molar-refractivity contribution in [3.05, 3.63) is 11.6 Å². The monoisotopic (exact) mass is 374 g/mol. The summed E-state index contributed by atoms with van der Waals surface area (Å²) in [6.45, 7) is 5.15. The third-order valence-electron chi connectivity index (χ3n) is 9.96. The number of rotatable bonds is 1. The molecule has 4 saturated carbocycles. The van der Waals surface area contributed by atoms with Crippen LogP contribution >= 0.6 is 0 Å². The molecule has 2 N–H and O–H groups in total. The highest BCUT2D eigenvalue weighted by molar-refractivity contribution is 5.85. The molecule has 0 bridgehead atoms.